The van der Waals surface area contributed by atoms with E-state index in [9.17, 15) is 10.2 Å². The van der Waals surface area contributed by atoms with Crippen LogP contribution in [0.2, 0.25) is 0 Å². The van der Waals surface area contributed by atoms with Crippen LogP contribution < -0.4 is 0 Å². The number of hydrogen-bond acceptors (Lipinski definition) is 3. The molecule has 1 saturated carbocycles. The second kappa shape index (κ2) is 5.89. The van der Waals surface area contributed by atoms with Crippen molar-refractivity contribution < 1.29 is 10.2 Å². The molecular formula is C15H29NO2. The summed E-state index contributed by atoms with van der Waals surface area (Å²) in [6.45, 7) is 5.83. The maximum Gasteiger partial charge on any atom is 0.0743 e. The van der Waals surface area contributed by atoms with Gasteiger partial charge in [0.1, 0.15) is 0 Å². The van der Waals surface area contributed by atoms with Crippen LogP contribution in [-0.4, -0.2) is 45.9 Å². The Bertz CT molecular complexity index is 267. The van der Waals surface area contributed by atoms with Crippen molar-refractivity contribution in [3.05, 3.63) is 0 Å². The number of aliphatic hydroxyl groups is 2. The minimum atomic E-state index is -0.584. The first kappa shape index (κ1) is 14.3. The van der Waals surface area contributed by atoms with Gasteiger partial charge in [0.15, 0.2) is 0 Å². The molecule has 3 nitrogen and oxygen atoms in total. The van der Waals surface area contributed by atoms with Crippen molar-refractivity contribution in [2.24, 2.45) is 5.92 Å². The fourth-order valence-corrected chi connectivity index (χ4v) is 3.67. The Labute approximate surface area is 111 Å². The van der Waals surface area contributed by atoms with Gasteiger partial charge in [-0.1, -0.05) is 19.8 Å². The monoisotopic (exact) mass is 255 g/mol. The van der Waals surface area contributed by atoms with Gasteiger partial charge in [0.2, 0.25) is 0 Å². The Balaban J connectivity index is 2.01. The summed E-state index contributed by atoms with van der Waals surface area (Å²) in [7, 11) is 0. The molecular weight excluding hydrogens is 226 g/mol. The van der Waals surface area contributed by atoms with Crippen molar-refractivity contribution in [1.29, 1.82) is 0 Å². The van der Waals surface area contributed by atoms with Crippen LogP contribution in [0, 0.1) is 5.92 Å². The maximum absolute atomic E-state index is 10.3. The normalized spacial score (nSPS) is 37.7. The number of β-amino-alcohol motifs (C(OH)–C–C–N with tert-alkyl or cyclic N) is 1. The Hall–Kier alpha value is -0.120. The highest BCUT2D eigenvalue weighted by Crippen LogP contribution is 2.35. The standard InChI is InChI=1S/C15H29NO2/c1-3-15(2,18)11-16-10-5-4-8-13(16)12-7-6-9-14(12)17/h12-14,17-18H,3-11H2,1-2H3. The Morgan fingerprint density at radius 3 is 2.56 bits per heavy atom. The molecule has 0 aromatic carbocycles. The first-order valence-corrected chi connectivity index (χ1v) is 7.68. The van der Waals surface area contributed by atoms with Gasteiger partial charge in [-0.3, -0.25) is 4.90 Å². The van der Waals surface area contributed by atoms with Crippen molar-refractivity contribution in [2.75, 3.05) is 13.1 Å². The molecule has 18 heavy (non-hydrogen) atoms. The molecule has 0 amide bonds. The first-order chi connectivity index (χ1) is 8.53. The van der Waals surface area contributed by atoms with Gasteiger partial charge in [-0.15, -0.1) is 0 Å². The summed E-state index contributed by atoms with van der Waals surface area (Å²) in [6.07, 6.45) is 7.70. The number of rotatable bonds is 4. The number of nitrogens with zero attached hydrogens (tertiary/aromatic N) is 1. The van der Waals surface area contributed by atoms with E-state index in [0.29, 0.717) is 12.0 Å². The minimum Gasteiger partial charge on any atom is -0.393 e. The quantitative estimate of drug-likeness (QED) is 0.809. The van der Waals surface area contributed by atoms with Crippen LogP contribution in [0.3, 0.4) is 0 Å². The second-order valence-electron chi connectivity index (χ2n) is 6.55. The van der Waals surface area contributed by atoms with Crippen molar-refractivity contribution in [2.45, 2.75) is 76.5 Å². The molecule has 1 heterocycles. The molecule has 0 spiro atoms. The van der Waals surface area contributed by atoms with Crippen LogP contribution in [0.25, 0.3) is 0 Å². The first-order valence-electron chi connectivity index (χ1n) is 7.68. The van der Waals surface area contributed by atoms with E-state index < -0.39 is 5.60 Å². The Morgan fingerprint density at radius 2 is 1.94 bits per heavy atom. The fraction of sp³-hybridized carbons (Fsp3) is 1.00. The molecule has 1 aliphatic carbocycles. The van der Waals surface area contributed by atoms with Gasteiger partial charge in [-0.2, -0.15) is 0 Å². The lowest BCUT2D eigenvalue weighted by atomic mass is 9.86. The molecule has 4 unspecified atom stereocenters. The molecule has 4 atom stereocenters. The number of hydrogen-bond donors (Lipinski definition) is 2. The van der Waals surface area contributed by atoms with Gasteiger partial charge in [-0.25, -0.2) is 0 Å². The van der Waals surface area contributed by atoms with Crippen molar-refractivity contribution >= 4 is 0 Å². The van der Waals surface area contributed by atoms with Crippen molar-refractivity contribution in [1.82, 2.24) is 4.90 Å². The molecule has 0 aromatic heterocycles. The molecule has 0 aromatic rings. The third-order valence-electron chi connectivity index (χ3n) is 5.00. The van der Waals surface area contributed by atoms with E-state index in [1.165, 1.54) is 25.7 Å². The molecule has 1 saturated heterocycles. The topological polar surface area (TPSA) is 43.7 Å². The lowest BCUT2D eigenvalue weighted by molar-refractivity contribution is -0.0314. The third-order valence-corrected chi connectivity index (χ3v) is 5.00. The van der Waals surface area contributed by atoms with Gasteiger partial charge < -0.3 is 10.2 Å². The Morgan fingerprint density at radius 1 is 1.17 bits per heavy atom. The number of piperidine rings is 1. The minimum absolute atomic E-state index is 0.109. The summed E-state index contributed by atoms with van der Waals surface area (Å²) in [6, 6.07) is 0.495. The highest BCUT2D eigenvalue weighted by molar-refractivity contribution is 4.92. The number of likely N-dealkylation sites (tertiary alicyclic amines) is 1. The van der Waals surface area contributed by atoms with Crippen LogP contribution in [0.15, 0.2) is 0 Å². The van der Waals surface area contributed by atoms with Gasteiger partial charge >= 0.3 is 0 Å². The lowest BCUT2D eigenvalue weighted by Crippen LogP contribution is -2.51. The second-order valence-corrected chi connectivity index (χ2v) is 6.55. The molecule has 106 valence electrons. The fourth-order valence-electron chi connectivity index (χ4n) is 3.67. The zero-order valence-corrected chi connectivity index (χ0v) is 11.9. The molecule has 2 rings (SSSR count). The van der Waals surface area contributed by atoms with E-state index in [-0.39, 0.29) is 6.10 Å². The highest BCUT2D eigenvalue weighted by atomic mass is 16.3. The van der Waals surface area contributed by atoms with Crippen LogP contribution in [0.1, 0.15) is 58.8 Å². The van der Waals surface area contributed by atoms with Crippen LogP contribution in [0.4, 0.5) is 0 Å². The average molecular weight is 255 g/mol. The van der Waals surface area contributed by atoms with Crippen molar-refractivity contribution in [3.8, 4) is 0 Å². The molecule has 0 bridgehead atoms. The summed E-state index contributed by atoms with van der Waals surface area (Å²) in [4.78, 5) is 2.45. The molecule has 1 aliphatic heterocycles. The zero-order valence-electron chi connectivity index (χ0n) is 11.9. The summed E-state index contributed by atoms with van der Waals surface area (Å²) in [5.41, 5.74) is -0.584. The summed E-state index contributed by atoms with van der Waals surface area (Å²) < 4.78 is 0. The van der Waals surface area contributed by atoms with E-state index in [2.05, 4.69) is 4.90 Å². The maximum atomic E-state index is 10.3. The summed E-state index contributed by atoms with van der Waals surface area (Å²) >= 11 is 0. The predicted molar refractivity (Wildman–Crippen MR) is 73.5 cm³/mol. The lowest BCUT2D eigenvalue weighted by Gasteiger charge is -2.43. The SMILES string of the molecule is CCC(C)(O)CN1CCCCC1C1CCCC1O. The number of aliphatic hydroxyl groups excluding tert-OH is 1. The van der Waals surface area contributed by atoms with Gasteiger partial charge in [0.25, 0.3) is 0 Å². The van der Waals surface area contributed by atoms with E-state index >= 15 is 0 Å². The highest BCUT2D eigenvalue weighted by Gasteiger charge is 2.38. The average Bonchev–Trinajstić information content (AvgIpc) is 2.76. The predicted octanol–water partition coefficient (Wildman–Crippen LogP) is 2.16. The molecule has 2 fully saturated rings. The van der Waals surface area contributed by atoms with E-state index in [0.717, 1.165) is 32.4 Å². The van der Waals surface area contributed by atoms with E-state index in [1.807, 2.05) is 13.8 Å². The van der Waals surface area contributed by atoms with E-state index in [1.54, 1.807) is 0 Å². The molecule has 2 N–H and O–H groups in total. The van der Waals surface area contributed by atoms with Crippen molar-refractivity contribution in [3.63, 3.8) is 0 Å². The smallest absolute Gasteiger partial charge is 0.0743 e. The molecule has 0 radical (unpaired) electrons. The van der Waals surface area contributed by atoms with Crippen LogP contribution in [-0.2, 0) is 0 Å². The van der Waals surface area contributed by atoms with Gasteiger partial charge in [0.05, 0.1) is 11.7 Å². The van der Waals surface area contributed by atoms with Gasteiger partial charge in [-0.05, 0) is 45.6 Å². The Kier molecular flexibility index (Phi) is 4.68. The largest absolute Gasteiger partial charge is 0.393 e. The van der Waals surface area contributed by atoms with Crippen LogP contribution >= 0.6 is 0 Å². The third kappa shape index (κ3) is 3.25. The van der Waals surface area contributed by atoms with Gasteiger partial charge in [0, 0.05) is 18.5 Å². The summed E-state index contributed by atoms with van der Waals surface area (Å²) in [5.74, 6) is 0.443. The zero-order chi connectivity index (χ0) is 13.2. The van der Waals surface area contributed by atoms with E-state index in [4.69, 9.17) is 0 Å². The van der Waals surface area contributed by atoms with Crippen LogP contribution in [0.5, 0.6) is 0 Å². The molecule has 2 aliphatic rings. The molecule has 3 heteroatoms. The summed E-state index contributed by atoms with van der Waals surface area (Å²) in [5, 5.41) is 20.4.